The van der Waals surface area contributed by atoms with Gasteiger partial charge >= 0.3 is 5.97 Å². The van der Waals surface area contributed by atoms with E-state index in [-0.39, 0.29) is 18.2 Å². The minimum Gasteiger partial charge on any atom is -0.464 e. The Morgan fingerprint density at radius 2 is 1.66 bits per heavy atom. The van der Waals surface area contributed by atoms with Crippen LogP contribution in [0.25, 0.3) is 11.0 Å². The predicted molar refractivity (Wildman–Crippen MR) is 138 cm³/mol. The summed E-state index contributed by atoms with van der Waals surface area (Å²) < 4.78 is 6.95. The van der Waals surface area contributed by atoms with Crippen LogP contribution in [-0.2, 0) is 29.0 Å². The molecule has 4 rings (SSSR count). The van der Waals surface area contributed by atoms with E-state index in [1.165, 1.54) is 7.11 Å². The highest BCUT2D eigenvalue weighted by molar-refractivity contribution is 6.11. The molecule has 2 aromatic heterocycles. The van der Waals surface area contributed by atoms with Crippen LogP contribution >= 0.6 is 0 Å². The highest BCUT2D eigenvalue weighted by Crippen LogP contribution is 2.33. The van der Waals surface area contributed by atoms with Crippen LogP contribution in [0, 0.1) is 5.92 Å². The lowest BCUT2D eigenvalue weighted by Gasteiger charge is -2.12. The van der Waals surface area contributed by atoms with Crippen molar-refractivity contribution in [3.63, 3.8) is 0 Å². The van der Waals surface area contributed by atoms with Crippen LogP contribution in [-0.4, -0.2) is 28.5 Å². The molecule has 0 spiro atoms. The van der Waals surface area contributed by atoms with E-state index in [1.54, 1.807) is 6.20 Å². The Morgan fingerprint density at radius 1 is 1.00 bits per heavy atom. The van der Waals surface area contributed by atoms with Crippen molar-refractivity contribution in [2.75, 3.05) is 17.7 Å². The number of aromatic nitrogens is 2. The molecule has 0 aliphatic heterocycles. The molecule has 0 radical (unpaired) electrons. The number of methoxy groups -OCH3 is 1. The van der Waals surface area contributed by atoms with Crippen molar-refractivity contribution in [1.29, 1.82) is 0 Å². The van der Waals surface area contributed by atoms with Gasteiger partial charge in [-0.25, -0.2) is 9.78 Å². The summed E-state index contributed by atoms with van der Waals surface area (Å²) >= 11 is 0. The molecule has 0 saturated carbocycles. The Morgan fingerprint density at radius 3 is 2.29 bits per heavy atom. The predicted octanol–water partition coefficient (Wildman–Crippen LogP) is 5.27. The molecule has 2 N–H and O–H groups in total. The fourth-order valence-electron chi connectivity index (χ4n) is 4.06. The third-order valence-electron chi connectivity index (χ3n) is 5.64. The lowest BCUT2D eigenvalue weighted by Crippen LogP contribution is -2.19. The van der Waals surface area contributed by atoms with Crippen molar-refractivity contribution in [1.82, 2.24) is 9.55 Å². The zero-order valence-corrected chi connectivity index (χ0v) is 20.2. The normalized spacial score (nSPS) is 11.0. The van der Waals surface area contributed by atoms with E-state index in [9.17, 15) is 9.59 Å². The zero-order valence-electron chi connectivity index (χ0n) is 20.2. The van der Waals surface area contributed by atoms with Crippen LogP contribution in [0.5, 0.6) is 0 Å². The minimum atomic E-state index is -0.516. The molecule has 0 unspecified atom stereocenters. The first-order valence-corrected chi connectivity index (χ1v) is 11.7. The second kappa shape index (κ2) is 10.9. The molecular weight excluding hydrogens is 440 g/mol. The van der Waals surface area contributed by atoms with Crippen LogP contribution < -0.4 is 10.6 Å². The van der Waals surface area contributed by atoms with Crippen molar-refractivity contribution in [2.45, 2.75) is 33.4 Å². The average molecular weight is 471 g/mol. The first-order chi connectivity index (χ1) is 17.0. The van der Waals surface area contributed by atoms with Gasteiger partial charge < -0.3 is 19.9 Å². The number of pyridine rings is 1. The van der Waals surface area contributed by atoms with E-state index < -0.39 is 5.97 Å². The molecule has 7 heteroatoms. The van der Waals surface area contributed by atoms with Crippen LogP contribution in [0.1, 0.15) is 35.5 Å². The summed E-state index contributed by atoms with van der Waals surface area (Å²) in [5.74, 6) is -0.482. The molecule has 2 heterocycles. The number of esters is 1. The van der Waals surface area contributed by atoms with Crippen molar-refractivity contribution in [3.8, 4) is 0 Å². The van der Waals surface area contributed by atoms with Gasteiger partial charge in [0.15, 0.2) is 5.69 Å². The van der Waals surface area contributed by atoms with E-state index in [1.807, 2.05) is 71.3 Å². The number of benzene rings is 2. The SMILES string of the molecule is COC(=O)c1c(NC(=O)Cc2ccccc2)c2cc(NCc3ccccc3)cnc2n1CC(C)C. The Kier molecular flexibility index (Phi) is 7.45. The van der Waals surface area contributed by atoms with E-state index in [0.717, 1.165) is 16.8 Å². The number of ether oxygens (including phenoxy) is 1. The highest BCUT2D eigenvalue weighted by atomic mass is 16.5. The third-order valence-corrected chi connectivity index (χ3v) is 5.64. The molecule has 4 aromatic rings. The van der Waals surface area contributed by atoms with Crippen molar-refractivity contribution in [2.24, 2.45) is 5.92 Å². The lowest BCUT2D eigenvalue weighted by atomic mass is 10.1. The highest BCUT2D eigenvalue weighted by Gasteiger charge is 2.26. The van der Waals surface area contributed by atoms with Crippen LogP contribution in [0.4, 0.5) is 11.4 Å². The van der Waals surface area contributed by atoms with E-state index >= 15 is 0 Å². The maximum atomic E-state index is 13.0. The Bertz CT molecular complexity index is 1310. The van der Waals surface area contributed by atoms with Gasteiger partial charge in [0.25, 0.3) is 0 Å². The summed E-state index contributed by atoms with van der Waals surface area (Å²) in [5, 5.41) is 7.05. The van der Waals surface area contributed by atoms with E-state index in [0.29, 0.717) is 35.5 Å². The van der Waals surface area contributed by atoms with Crippen molar-refractivity contribution in [3.05, 3.63) is 89.7 Å². The summed E-state index contributed by atoms with van der Waals surface area (Å²) in [5.41, 5.74) is 4.16. The van der Waals surface area contributed by atoms with Crippen LogP contribution in [0.2, 0.25) is 0 Å². The average Bonchev–Trinajstić information content (AvgIpc) is 3.15. The van der Waals surface area contributed by atoms with Crippen LogP contribution in [0.3, 0.4) is 0 Å². The van der Waals surface area contributed by atoms with Crippen molar-refractivity contribution >= 4 is 34.3 Å². The third kappa shape index (κ3) is 5.69. The molecule has 7 nitrogen and oxygen atoms in total. The molecule has 35 heavy (non-hydrogen) atoms. The number of amides is 1. The number of nitrogens with zero attached hydrogens (tertiary/aromatic N) is 2. The maximum Gasteiger partial charge on any atom is 0.356 e. The molecular formula is C28H30N4O3. The van der Waals surface area contributed by atoms with Gasteiger partial charge in [-0.3, -0.25) is 4.79 Å². The monoisotopic (exact) mass is 470 g/mol. The number of hydrogen-bond acceptors (Lipinski definition) is 5. The van der Waals surface area contributed by atoms with E-state index in [4.69, 9.17) is 4.74 Å². The topological polar surface area (TPSA) is 85.2 Å². The second-order valence-corrected chi connectivity index (χ2v) is 8.86. The number of anilines is 2. The largest absolute Gasteiger partial charge is 0.464 e. The van der Waals surface area contributed by atoms with Gasteiger partial charge in [0.1, 0.15) is 5.65 Å². The standard InChI is InChI=1S/C28H30N4O3/c1-19(2)18-32-26(28(34)35-3)25(31-24(33)14-20-10-6-4-7-11-20)23-15-22(17-30-27(23)32)29-16-21-12-8-5-9-13-21/h4-13,15,17,19,29H,14,16,18H2,1-3H3,(H,31,33). The Labute approximate surface area is 205 Å². The number of rotatable bonds is 9. The number of carbonyl (C=O) groups excluding carboxylic acids is 2. The number of hydrogen-bond donors (Lipinski definition) is 2. The molecule has 2 aromatic carbocycles. The van der Waals surface area contributed by atoms with Gasteiger partial charge in [-0.05, 0) is 23.1 Å². The molecule has 180 valence electrons. The first-order valence-electron chi connectivity index (χ1n) is 11.7. The van der Waals surface area contributed by atoms with Gasteiger partial charge in [0.05, 0.1) is 31.1 Å². The fourth-order valence-corrected chi connectivity index (χ4v) is 4.06. The number of fused-ring (bicyclic) bond motifs is 1. The van der Waals surface area contributed by atoms with Crippen molar-refractivity contribution < 1.29 is 14.3 Å². The van der Waals surface area contributed by atoms with E-state index in [2.05, 4.69) is 29.5 Å². The smallest absolute Gasteiger partial charge is 0.356 e. The zero-order chi connectivity index (χ0) is 24.8. The molecule has 0 aliphatic carbocycles. The summed E-state index contributed by atoms with van der Waals surface area (Å²) in [6.45, 7) is 5.31. The molecule has 0 fully saturated rings. The van der Waals surface area contributed by atoms with Gasteiger partial charge in [0, 0.05) is 18.5 Å². The number of carbonyl (C=O) groups is 2. The van der Waals surface area contributed by atoms with Gasteiger partial charge in [-0.1, -0.05) is 74.5 Å². The molecule has 0 saturated heterocycles. The Balaban J connectivity index is 1.74. The summed E-state index contributed by atoms with van der Waals surface area (Å²) in [4.78, 5) is 30.6. The Hall–Kier alpha value is -4.13. The van der Waals surface area contributed by atoms with Gasteiger partial charge in [0.2, 0.25) is 5.91 Å². The number of nitrogens with one attached hydrogen (secondary N) is 2. The fraction of sp³-hybridized carbons (Fsp3) is 0.250. The van der Waals surface area contributed by atoms with Gasteiger partial charge in [-0.15, -0.1) is 0 Å². The maximum absolute atomic E-state index is 13.0. The molecule has 0 aliphatic rings. The molecule has 1 amide bonds. The minimum absolute atomic E-state index is 0.192. The summed E-state index contributed by atoms with van der Waals surface area (Å²) in [6.07, 6.45) is 1.94. The first kappa shape index (κ1) is 24.0. The second-order valence-electron chi connectivity index (χ2n) is 8.86. The molecule has 0 atom stereocenters. The molecule has 0 bridgehead atoms. The summed E-state index contributed by atoms with van der Waals surface area (Å²) in [6, 6.07) is 21.5. The lowest BCUT2D eigenvalue weighted by molar-refractivity contribution is -0.115. The van der Waals surface area contributed by atoms with Crippen LogP contribution in [0.15, 0.2) is 72.9 Å². The quantitative estimate of drug-likeness (QED) is 0.326. The summed E-state index contributed by atoms with van der Waals surface area (Å²) in [7, 11) is 1.34. The van der Waals surface area contributed by atoms with Gasteiger partial charge in [-0.2, -0.15) is 0 Å².